The van der Waals surface area contributed by atoms with Crippen molar-refractivity contribution in [3.8, 4) is 0 Å². The number of carbonyl (C=O) groups excluding carboxylic acids is 2. The van der Waals surface area contributed by atoms with Crippen LogP contribution in [0.4, 0.5) is 0 Å². The lowest BCUT2D eigenvalue weighted by molar-refractivity contribution is -0.159. The van der Waals surface area contributed by atoms with Gasteiger partial charge in [0.25, 0.3) is 11.8 Å². The second-order valence-corrected chi connectivity index (χ2v) is 3.46. The van der Waals surface area contributed by atoms with Crippen molar-refractivity contribution in [3.05, 3.63) is 0 Å². The van der Waals surface area contributed by atoms with Gasteiger partial charge in [-0.05, 0) is 5.92 Å². The monoisotopic (exact) mass is 205 g/mol. The molecule has 0 aromatic rings. The Morgan fingerprint density at radius 3 is 2.46 bits per heavy atom. The van der Waals surface area contributed by atoms with Crippen LogP contribution in [0.3, 0.4) is 0 Å². The van der Waals surface area contributed by atoms with Crippen molar-refractivity contribution in [1.82, 2.24) is 4.90 Å². The summed E-state index contributed by atoms with van der Waals surface area (Å²) in [5.74, 6) is 0.0341. The van der Waals surface area contributed by atoms with E-state index in [2.05, 4.69) is 0 Å². The van der Waals surface area contributed by atoms with Crippen LogP contribution in [0.25, 0.3) is 0 Å². The largest absolute Gasteiger partial charge is 0.362 e. The molecule has 0 saturated carbocycles. The molecule has 0 aromatic carbocycles. The zero-order valence-electron chi connectivity index (χ0n) is 7.46. The summed E-state index contributed by atoms with van der Waals surface area (Å²) in [5.41, 5.74) is 0. The molecule has 5 heteroatoms. The fraction of sp³-hybridized carbons (Fsp3) is 0.750. The summed E-state index contributed by atoms with van der Waals surface area (Å²) in [6, 6.07) is 0. The number of rotatable bonds is 3. The van der Waals surface area contributed by atoms with Gasteiger partial charge in [0.2, 0.25) is 0 Å². The van der Waals surface area contributed by atoms with Gasteiger partial charge >= 0.3 is 0 Å². The first-order valence-electron chi connectivity index (χ1n) is 4.12. The molecule has 1 aliphatic rings. The third-order valence-electron chi connectivity index (χ3n) is 1.81. The minimum atomic E-state index is -0.270. The van der Waals surface area contributed by atoms with E-state index in [1.54, 1.807) is 0 Å². The van der Waals surface area contributed by atoms with Crippen molar-refractivity contribution >= 4 is 23.4 Å². The van der Waals surface area contributed by atoms with Crippen LogP contribution in [0.2, 0.25) is 0 Å². The Labute approximate surface area is 81.8 Å². The molecule has 1 rings (SSSR count). The lowest BCUT2D eigenvalue weighted by Crippen LogP contribution is -2.48. The summed E-state index contributed by atoms with van der Waals surface area (Å²) in [6.45, 7) is 2.29. The summed E-state index contributed by atoms with van der Waals surface area (Å²) in [4.78, 5) is 23.6. The summed E-state index contributed by atoms with van der Waals surface area (Å²) < 4.78 is 4.77. The number of halogens is 1. The van der Waals surface area contributed by atoms with Crippen molar-refractivity contribution in [2.75, 3.05) is 25.6 Å². The van der Waals surface area contributed by atoms with Crippen LogP contribution < -0.4 is 0 Å². The molecule has 13 heavy (non-hydrogen) atoms. The average Bonchev–Trinajstić information content (AvgIpc) is 2.11. The molecule has 4 nitrogen and oxygen atoms in total. The van der Waals surface area contributed by atoms with Crippen LogP contribution in [0.15, 0.2) is 0 Å². The predicted molar refractivity (Wildman–Crippen MR) is 47.4 cm³/mol. The smallest absolute Gasteiger partial charge is 0.255 e. The first kappa shape index (κ1) is 10.5. The zero-order chi connectivity index (χ0) is 9.84. The number of hydrogen-bond donors (Lipinski definition) is 0. The molecule has 1 unspecified atom stereocenters. The Balaban J connectivity index is 2.54. The summed E-state index contributed by atoms with van der Waals surface area (Å²) in [7, 11) is 0. The second kappa shape index (κ2) is 4.58. The fourth-order valence-corrected chi connectivity index (χ4v) is 1.18. The summed E-state index contributed by atoms with van der Waals surface area (Å²) >= 11 is 5.59. The van der Waals surface area contributed by atoms with Gasteiger partial charge in [0.1, 0.15) is 13.2 Å². The van der Waals surface area contributed by atoms with Crippen LogP contribution in [0, 0.1) is 5.92 Å². The molecule has 1 fully saturated rings. The highest BCUT2D eigenvalue weighted by atomic mass is 35.5. The van der Waals surface area contributed by atoms with E-state index in [4.69, 9.17) is 16.3 Å². The maximum atomic E-state index is 11.2. The molecular formula is C8H12ClNO3. The quantitative estimate of drug-likeness (QED) is 0.490. The number of amides is 2. The molecule has 74 valence electrons. The van der Waals surface area contributed by atoms with Gasteiger partial charge in [-0.25, -0.2) is 0 Å². The molecule has 1 heterocycles. The van der Waals surface area contributed by atoms with Crippen molar-refractivity contribution < 1.29 is 14.3 Å². The van der Waals surface area contributed by atoms with Crippen molar-refractivity contribution in [3.63, 3.8) is 0 Å². The van der Waals surface area contributed by atoms with E-state index < -0.39 is 0 Å². The van der Waals surface area contributed by atoms with Crippen LogP contribution in [0.1, 0.15) is 6.92 Å². The van der Waals surface area contributed by atoms with Gasteiger partial charge in [-0.15, -0.1) is 11.6 Å². The Morgan fingerprint density at radius 2 is 2.00 bits per heavy atom. The number of morpholine rings is 1. The first-order chi connectivity index (χ1) is 6.15. The van der Waals surface area contributed by atoms with E-state index in [0.29, 0.717) is 12.4 Å². The molecular weight excluding hydrogens is 194 g/mol. The molecule has 1 aliphatic heterocycles. The number of ether oxygens (including phenoxy) is 1. The maximum Gasteiger partial charge on any atom is 0.255 e. The summed E-state index contributed by atoms with van der Waals surface area (Å²) in [5, 5.41) is 0. The SMILES string of the molecule is CC(CCl)CN1C(=O)COCC1=O. The highest BCUT2D eigenvalue weighted by molar-refractivity contribution is 6.18. The molecule has 0 spiro atoms. The van der Waals surface area contributed by atoms with E-state index in [1.807, 2.05) is 6.92 Å². The van der Waals surface area contributed by atoms with Gasteiger partial charge in [-0.3, -0.25) is 14.5 Å². The first-order valence-corrected chi connectivity index (χ1v) is 4.65. The van der Waals surface area contributed by atoms with E-state index in [9.17, 15) is 9.59 Å². The molecule has 0 radical (unpaired) electrons. The van der Waals surface area contributed by atoms with Crippen LogP contribution >= 0.6 is 11.6 Å². The van der Waals surface area contributed by atoms with E-state index in [0.717, 1.165) is 0 Å². The topological polar surface area (TPSA) is 46.6 Å². The third-order valence-corrected chi connectivity index (χ3v) is 2.34. The Bertz CT molecular complexity index is 203. The lowest BCUT2D eigenvalue weighted by Gasteiger charge is -2.26. The minimum Gasteiger partial charge on any atom is -0.362 e. The normalized spacial score (nSPS) is 20.6. The van der Waals surface area contributed by atoms with Gasteiger partial charge in [0, 0.05) is 12.4 Å². The maximum absolute atomic E-state index is 11.2. The highest BCUT2D eigenvalue weighted by Crippen LogP contribution is 2.06. The van der Waals surface area contributed by atoms with Crippen molar-refractivity contribution in [2.45, 2.75) is 6.92 Å². The van der Waals surface area contributed by atoms with Gasteiger partial charge in [-0.2, -0.15) is 0 Å². The molecule has 0 aliphatic carbocycles. The van der Waals surface area contributed by atoms with Gasteiger partial charge < -0.3 is 4.74 Å². The number of alkyl halides is 1. The molecule has 0 N–H and O–H groups in total. The van der Waals surface area contributed by atoms with Crippen molar-refractivity contribution in [1.29, 1.82) is 0 Å². The van der Waals surface area contributed by atoms with Gasteiger partial charge in [-0.1, -0.05) is 6.92 Å². The second-order valence-electron chi connectivity index (χ2n) is 3.15. The van der Waals surface area contributed by atoms with Crippen LogP contribution in [-0.2, 0) is 14.3 Å². The number of carbonyl (C=O) groups is 2. The molecule has 1 atom stereocenters. The van der Waals surface area contributed by atoms with E-state index >= 15 is 0 Å². The summed E-state index contributed by atoms with van der Waals surface area (Å²) in [6.07, 6.45) is 0. The van der Waals surface area contributed by atoms with E-state index in [-0.39, 0.29) is 30.9 Å². The predicted octanol–water partition coefficient (Wildman–Crippen LogP) is 0.247. The average molecular weight is 206 g/mol. The van der Waals surface area contributed by atoms with Crippen LogP contribution in [0.5, 0.6) is 0 Å². The third kappa shape index (κ3) is 2.67. The Morgan fingerprint density at radius 1 is 1.46 bits per heavy atom. The molecule has 0 aromatic heterocycles. The molecule has 2 amide bonds. The van der Waals surface area contributed by atoms with Crippen molar-refractivity contribution in [2.24, 2.45) is 5.92 Å². The van der Waals surface area contributed by atoms with E-state index in [1.165, 1.54) is 4.90 Å². The lowest BCUT2D eigenvalue weighted by atomic mass is 10.2. The Kier molecular flexibility index (Phi) is 3.69. The number of hydrogen-bond acceptors (Lipinski definition) is 3. The molecule has 0 bridgehead atoms. The standard InChI is InChI=1S/C8H12ClNO3/c1-6(2-9)3-10-7(11)4-13-5-8(10)12/h6H,2-5H2,1H3. The number of imide groups is 1. The highest BCUT2D eigenvalue weighted by Gasteiger charge is 2.27. The van der Waals surface area contributed by atoms with Gasteiger partial charge in [0.15, 0.2) is 0 Å². The number of nitrogens with zero attached hydrogens (tertiary/aromatic N) is 1. The Hall–Kier alpha value is -0.610. The van der Waals surface area contributed by atoms with Gasteiger partial charge in [0.05, 0.1) is 0 Å². The van der Waals surface area contributed by atoms with Crippen LogP contribution in [-0.4, -0.2) is 42.4 Å². The fourth-order valence-electron chi connectivity index (χ4n) is 1.08. The zero-order valence-corrected chi connectivity index (χ0v) is 8.21. The molecule has 1 saturated heterocycles. The minimum absolute atomic E-state index is 0.000740.